The van der Waals surface area contributed by atoms with E-state index in [0.29, 0.717) is 12.6 Å². The second-order valence-electron chi connectivity index (χ2n) is 4.82. The molecule has 0 aliphatic carbocycles. The van der Waals surface area contributed by atoms with Gasteiger partial charge in [-0.25, -0.2) is 0 Å². The Hall–Kier alpha value is -0.860. The van der Waals surface area contributed by atoms with E-state index in [1.54, 1.807) is 0 Å². The molecule has 1 unspecified atom stereocenters. The maximum atomic E-state index is 10.3. The number of hydrogen-bond donors (Lipinski definition) is 2. The molecule has 1 atom stereocenters. The van der Waals surface area contributed by atoms with Crippen LogP contribution in [0, 0.1) is 6.92 Å². The molecule has 1 rings (SSSR count). The lowest BCUT2D eigenvalue weighted by Gasteiger charge is -2.23. The summed E-state index contributed by atoms with van der Waals surface area (Å²) in [5.41, 5.74) is 1.48. The first-order chi connectivity index (χ1) is 6.92. The molecule has 0 aliphatic rings. The van der Waals surface area contributed by atoms with Gasteiger partial charge in [0.25, 0.3) is 0 Å². The molecule has 0 aromatic heterocycles. The van der Waals surface area contributed by atoms with Crippen LogP contribution >= 0.6 is 0 Å². The van der Waals surface area contributed by atoms with E-state index < -0.39 is 5.60 Å². The fourth-order valence-electron chi connectivity index (χ4n) is 1.50. The molecule has 3 N–H and O–H groups in total. The Kier molecular flexibility index (Phi) is 3.89. The molecule has 1 aromatic carbocycles. The van der Waals surface area contributed by atoms with E-state index in [0.717, 1.165) is 5.56 Å². The topological polar surface area (TPSA) is 36.8 Å². The fourth-order valence-corrected chi connectivity index (χ4v) is 1.50. The summed E-state index contributed by atoms with van der Waals surface area (Å²) < 4.78 is 0. The van der Waals surface area contributed by atoms with E-state index in [4.69, 9.17) is 0 Å². The predicted molar refractivity (Wildman–Crippen MR) is 62.7 cm³/mol. The van der Waals surface area contributed by atoms with Gasteiger partial charge in [0.15, 0.2) is 0 Å². The summed E-state index contributed by atoms with van der Waals surface area (Å²) in [6.45, 7) is 8.89. The third kappa shape index (κ3) is 3.65. The van der Waals surface area contributed by atoms with Gasteiger partial charge in [-0.1, -0.05) is 29.8 Å². The summed E-state index contributed by atoms with van der Waals surface area (Å²) >= 11 is 0. The van der Waals surface area contributed by atoms with Gasteiger partial charge >= 0.3 is 0 Å². The van der Waals surface area contributed by atoms with E-state index in [-0.39, 0.29) is 0 Å². The molecule has 0 heterocycles. The zero-order valence-electron chi connectivity index (χ0n) is 10.1. The Morgan fingerprint density at radius 2 is 1.80 bits per heavy atom. The van der Waals surface area contributed by atoms with Crippen molar-refractivity contribution in [1.29, 1.82) is 0 Å². The Bertz CT molecular complexity index is 301. The molecule has 0 aliphatic heterocycles. The van der Waals surface area contributed by atoms with Crippen LogP contribution in [-0.4, -0.2) is 17.7 Å². The van der Waals surface area contributed by atoms with Crippen LogP contribution < -0.4 is 5.32 Å². The predicted octanol–water partition coefficient (Wildman–Crippen LogP) is 1.17. The SMILES string of the molecule is Cc1ccc(C(C)(O)C[NH2+]C(C)C)cc1. The van der Waals surface area contributed by atoms with E-state index in [9.17, 15) is 5.11 Å². The quantitative estimate of drug-likeness (QED) is 0.766. The molecule has 84 valence electrons. The molecule has 0 fully saturated rings. The van der Waals surface area contributed by atoms with Crippen molar-refractivity contribution in [2.75, 3.05) is 6.54 Å². The first-order valence-corrected chi connectivity index (χ1v) is 5.54. The van der Waals surface area contributed by atoms with Crippen LogP contribution in [0.5, 0.6) is 0 Å². The van der Waals surface area contributed by atoms with Crippen molar-refractivity contribution in [1.82, 2.24) is 0 Å². The molecule has 0 saturated heterocycles. The van der Waals surface area contributed by atoms with Crippen molar-refractivity contribution >= 4 is 0 Å². The molecular formula is C13H22NO+. The Labute approximate surface area is 92.3 Å². The van der Waals surface area contributed by atoms with Gasteiger partial charge in [-0.15, -0.1) is 0 Å². The van der Waals surface area contributed by atoms with Crippen molar-refractivity contribution in [3.05, 3.63) is 35.4 Å². The van der Waals surface area contributed by atoms with Crippen molar-refractivity contribution in [3.8, 4) is 0 Å². The van der Waals surface area contributed by atoms with Crippen LogP contribution in [0.1, 0.15) is 31.9 Å². The molecule has 0 saturated carbocycles. The van der Waals surface area contributed by atoms with Crippen LogP contribution in [0.15, 0.2) is 24.3 Å². The average Bonchev–Trinajstić information content (AvgIpc) is 2.16. The van der Waals surface area contributed by atoms with Crippen molar-refractivity contribution in [2.45, 2.75) is 39.3 Å². The highest BCUT2D eigenvalue weighted by Crippen LogP contribution is 2.18. The summed E-state index contributed by atoms with van der Waals surface area (Å²) in [6, 6.07) is 8.60. The van der Waals surface area contributed by atoms with Crippen LogP contribution in [-0.2, 0) is 5.60 Å². The lowest BCUT2D eigenvalue weighted by molar-refractivity contribution is -0.695. The summed E-state index contributed by atoms with van der Waals surface area (Å²) in [6.07, 6.45) is 0. The maximum Gasteiger partial charge on any atom is 0.135 e. The van der Waals surface area contributed by atoms with Gasteiger partial charge in [0.05, 0.1) is 6.04 Å². The van der Waals surface area contributed by atoms with Crippen molar-refractivity contribution in [3.63, 3.8) is 0 Å². The summed E-state index contributed by atoms with van der Waals surface area (Å²) in [5.74, 6) is 0. The van der Waals surface area contributed by atoms with Gasteiger partial charge in [0.2, 0.25) is 0 Å². The smallest absolute Gasteiger partial charge is 0.135 e. The lowest BCUT2D eigenvalue weighted by Crippen LogP contribution is -2.91. The summed E-state index contributed by atoms with van der Waals surface area (Å²) in [4.78, 5) is 0. The lowest BCUT2D eigenvalue weighted by atomic mass is 9.95. The Morgan fingerprint density at radius 3 is 2.27 bits per heavy atom. The minimum Gasteiger partial charge on any atom is -0.380 e. The molecule has 2 heteroatoms. The monoisotopic (exact) mass is 208 g/mol. The second-order valence-corrected chi connectivity index (χ2v) is 4.82. The van der Waals surface area contributed by atoms with Crippen LogP contribution in [0.25, 0.3) is 0 Å². The molecule has 0 radical (unpaired) electrons. The molecule has 0 bridgehead atoms. The highest BCUT2D eigenvalue weighted by molar-refractivity contribution is 5.25. The minimum atomic E-state index is -0.738. The van der Waals surface area contributed by atoms with E-state index in [2.05, 4.69) is 26.1 Å². The fraction of sp³-hybridized carbons (Fsp3) is 0.538. The van der Waals surface area contributed by atoms with Gasteiger partial charge in [-0.2, -0.15) is 0 Å². The zero-order valence-corrected chi connectivity index (χ0v) is 10.1. The number of rotatable bonds is 4. The standard InChI is InChI=1S/C13H21NO/c1-10(2)14-9-13(4,15)12-7-5-11(3)6-8-12/h5-8,10,14-15H,9H2,1-4H3/p+1. The van der Waals surface area contributed by atoms with Crippen LogP contribution in [0.2, 0.25) is 0 Å². The van der Waals surface area contributed by atoms with Crippen LogP contribution in [0.4, 0.5) is 0 Å². The number of nitrogens with two attached hydrogens (primary N) is 1. The minimum absolute atomic E-state index is 0.516. The van der Waals surface area contributed by atoms with Crippen molar-refractivity contribution in [2.24, 2.45) is 0 Å². The highest BCUT2D eigenvalue weighted by atomic mass is 16.3. The van der Waals surface area contributed by atoms with Gasteiger partial charge < -0.3 is 10.4 Å². The zero-order chi connectivity index (χ0) is 11.5. The number of aryl methyl sites for hydroxylation is 1. The van der Waals surface area contributed by atoms with E-state index >= 15 is 0 Å². The molecule has 0 spiro atoms. The van der Waals surface area contributed by atoms with Gasteiger partial charge in [-0.05, 0) is 33.3 Å². The van der Waals surface area contributed by atoms with Gasteiger partial charge in [0, 0.05) is 0 Å². The third-order valence-electron chi connectivity index (χ3n) is 2.66. The first-order valence-electron chi connectivity index (χ1n) is 5.54. The molecule has 2 nitrogen and oxygen atoms in total. The Balaban J connectivity index is 2.72. The van der Waals surface area contributed by atoms with Gasteiger partial charge in [0.1, 0.15) is 12.1 Å². The number of hydrogen-bond acceptors (Lipinski definition) is 1. The molecular weight excluding hydrogens is 186 g/mol. The van der Waals surface area contributed by atoms with E-state index in [1.807, 2.05) is 31.2 Å². The molecule has 1 aromatic rings. The largest absolute Gasteiger partial charge is 0.380 e. The highest BCUT2D eigenvalue weighted by Gasteiger charge is 2.25. The normalized spacial score (nSPS) is 15.3. The third-order valence-corrected chi connectivity index (χ3v) is 2.66. The van der Waals surface area contributed by atoms with E-state index in [1.165, 1.54) is 5.56 Å². The first kappa shape index (κ1) is 12.2. The van der Waals surface area contributed by atoms with Crippen molar-refractivity contribution < 1.29 is 10.4 Å². The summed E-state index contributed by atoms with van der Waals surface area (Å²) in [5, 5.41) is 12.4. The average molecular weight is 208 g/mol. The molecule has 15 heavy (non-hydrogen) atoms. The number of aliphatic hydroxyl groups is 1. The Morgan fingerprint density at radius 1 is 1.27 bits per heavy atom. The maximum absolute atomic E-state index is 10.3. The molecule has 0 amide bonds. The van der Waals surface area contributed by atoms with Crippen LogP contribution in [0.3, 0.4) is 0 Å². The number of quaternary nitrogens is 1. The number of benzene rings is 1. The van der Waals surface area contributed by atoms with Gasteiger partial charge in [-0.3, -0.25) is 0 Å². The summed E-state index contributed by atoms with van der Waals surface area (Å²) in [7, 11) is 0. The second kappa shape index (κ2) is 4.77.